The van der Waals surface area contributed by atoms with Crippen molar-refractivity contribution in [2.45, 2.75) is 32.9 Å². The molecule has 0 saturated carbocycles. The van der Waals surface area contributed by atoms with Crippen molar-refractivity contribution in [1.82, 2.24) is 10.6 Å². The van der Waals surface area contributed by atoms with Crippen molar-refractivity contribution in [3.8, 4) is 5.75 Å². The Kier molecular flexibility index (Phi) is 7.18. The van der Waals surface area contributed by atoms with Crippen LogP contribution in [0, 0.1) is 5.41 Å². The summed E-state index contributed by atoms with van der Waals surface area (Å²) in [7, 11) is 1.52. The third-order valence-electron chi connectivity index (χ3n) is 3.69. The minimum Gasteiger partial charge on any atom is -0.497 e. The average Bonchev–Trinajstić information content (AvgIpc) is 2.58. The standard InChI is InChI=1S/C17H26N2O5/c1-11(9-18-16(23)14(21)17(2,3)10-20)19-15(22)12-6-5-7-13(8-12)24-4/h5-8,11,14,20-21H,9-10H2,1-4H3,(H,18,23)(H,19,22). The molecule has 0 radical (unpaired) electrons. The largest absolute Gasteiger partial charge is 0.497 e. The Morgan fingerprint density at radius 2 is 2.00 bits per heavy atom. The Hall–Kier alpha value is -2.12. The molecule has 1 rings (SSSR count). The molecule has 2 atom stereocenters. The van der Waals surface area contributed by atoms with Gasteiger partial charge in [0.25, 0.3) is 5.91 Å². The fourth-order valence-corrected chi connectivity index (χ4v) is 1.91. The summed E-state index contributed by atoms with van der Waals surface area (Å²) in [4.78, 5) is 24.0. The molecule has 2 unspecified atom stereocenters. The molecule has 0 aromatic heterocycles. The van der Waals surface area contributed by atoms with Crippen LogP contribution in [0.15, 0.2) is 24.3 Å². The van der Waals surface area contributed by atoms with E-state index in [1.807, 2.05) is 0 Å². The van der Waals surface area contributed by atoms with E-state index in [1.165, 1.54) is 7.11 Å². The van der Waals surface area contributed by atoms with Gasteiger partial charge in [-0.15, -0.1) is 0 Å². The average molecular weight is 338 g/mol. The lowest BCUT2D eigenvalue weighted by Crippen LogP contribution is -2.49. The lowest BCUT2D eigenvalue weighted by molar-refractivity contribution is -0.137. The van der Waals surface area contributed by atoms with Gasteiger partial charge in [0.1, 0.15) is 11.9 Å². The lowest BCUT2D eigenvalue weighted by atomic mass is 9.87. The van der Waals surface area contributed by atoms with Crippen molar-refractivity contribution in [3.05, 3.63) is 29.8 Å². The molecular weight excluding hydrogens is 312 g/mol. The topological polar surface area (TPSA) is 108 Å². The summed E-state index contributed by atoms with van der Waals surface area (Å²) in [5, 5.41) is 24.4. The first-order valence-corrected chi connectivity index (χ1v) is 7.73. The highest BCUT2D eigenvalue weighted by Gasteiger charge is 2.32. The zero-order chi connectivity index (χ0) is 18.3. The SMILES string of the molecule is COc1cccc(C(=O)NC(C)CNC(=O)C(O)C(C)(C)CO)c1. The highest BCUT2D eigenvalue weighted by atomic mass is 16.5. The molecule has 1 aromatic carbocycles. The summed E-state index contributed by atoms with van der Waals surface area (Å²) >= 11 is 0. The first-order valence-electron chi connectivity index (χ1n) is 7.73. The molecule has 0 fully saturated rings. The maximum atomic E-state index is 12.1. The molecule has 1 aromatic rings. The highest BCUT2D eigenvalue weighted by Crippen LogP contribution is 2.19. The quantitative estimate of drug-likeness (QED) is 0.546. The molecule has 0 aliphatic heterocycles. The van der Waals surface area contributed by atoms with Crippen LogP contribution in [0.1, 0.15) is 31.1 Å². The zero-order valence-electron chi connectivity index (χ0n) is 14.5. The van der Waals surface area contributed by atoms with Crippen LogP contribution < -0.4 is 15.4 Å². The maximum Gasteiger partial charge on any atom is 0.251 e. The van der Waals surface area contributed by atoms with Crippen LogP contribution in [0.4, 0.5) is 0 Å². The molecule has 0 aliphatic rings. The van der Waals surface area contributed by atoms with Gasteiger partial charge in [0.2, 0.25) is 5.91 Å². The van der Waals surface area contributed by atoms with E-state index < -0.39 is 17.4 Å². The number of rotatable bonds is 8. The lowest BCUT2D eigenvalue weighted by Gasteiger charge is -2.27. The third-order valence-corrected chi connectivity index (χ3v) is 3.69. The van der Waals surface area contributed by atoms with Gasteiger partial charge in [0, 0.05) is 23.6 Å². The fraction of sp³-hybridized carbons (Fsp3) is 0.529. The molecule has 0 spiro atoms. The van der Waals surface area contributed by atoms with E-state index in [0.717, 1.165) is 0 Å². The Morgan fingerprint density at radius 1 is 1.33 bits per heavy atom. The van der Waals surface area contributed by atoms with Crippen LogP contribution in [0.3, 0.4) is 0 Å². The van der Waals surface area contributed by atoms with E-state index >= 15 is 0 Å². The van der Waals surface area contributed by atoms with Crippen molar-refractivity contribution < 1.29 is 24.5 Å². The number of carbonyl (C=O) groups is 2. The zero-order valence-corrected chi connectivity index (χ0v) is 14.5. The minimum atomic E-state index is -1.33. The van der Waals surface area contributed by atoms with Crippen LogP contribution in [0.5, 0.6) is 5.75 Å². The van der Waals surface area contributed by atoms with Gasteiger partial charge in [-0.05, 0) is 25.1 Å². The van der Waals surface area contributed by atoms with Crippen molar-refractivity contribution in [3.63, 3.8) is 0 Å². The Morgan fingerprint density at radius 3 is 2.58 bits per heavy atom. The second-order valence-electron chi connectivity index (χ2n) is 6.40. The Bertz CT molecular complexity index is 574. The van der Waals surface area contributed by atoms with Gasteiger partial charge in [0.15, 0.2) is 0 Å². The van der Waals surface area contributed by atoms with Gasteiger partial charge < -0.3 is 25.6 Å². The van der Waals surface area contributed by atoms with Crippen molar-refractivity contribution >= 4 is 11.8 Å². The number of methoxy groups -OCH3 is 1. The van der Waals surface area contributed by atoms with Gasteiger partial charge in [-0.25, -0.2) is 0 Å². The number of nitrogens with one attached hydrogen (secondary N) is 2. The molecule has 0 aliphatic carbocycles. The van der Waals surface area contributed by atoms with E-state index in [4.69, 9.17) is 4.74 Å². The Balaban J connectivity index is 2.52. The number of carbonyl (C=O) groups excluding carboxylic acids is 2. The van der Waals surface area contributed by atoms with Crippen molar-refractivity contribution in [1.29, 1.82) is 0 Å². The van der Waals surface area contributed by atoms with Crippen molar-refractivity contribution in [2.75, 3.05) is 20.3 Å². The normalized spacial score (nSPS) is 13.8. The predicted octanol–water partition coefficient (Wildman–Crippen LogP) is 0.309. The Labute approximate surface area is 142 Å². The number of hydrogen-bond donors (Lipinski definition) is 4. The van der Waals surface area contributed by atoms with E-state index in [9.17, 15) is 19.8 Å². The van der Waals surface area contributed by atoms with Gasteiger partial charge in [-0.3, -0.25) is 9.59 Å². The molecular formula is C17H26N2O5. The van der Waals surface area contributed by atoms with Gasteiger partial charge in [0.05, 0.1) is 13.7 Å². The fourth-order valence-electron chi connectivity index (χ4n) is 1.91. The monoisotopic (exact) mass is 338 g/mol. The van der Waals surface area contributed by atoms with Crippen LogP contribution in [-0.4, -0.2) is 54.4 Å². The van der Waals surface area contributed by atoms with E-state index in [0.29, 0.717) is 11.3 Å². The van der Waals surface area contributed by atoms with Crippen LogP contribution in [0.25, 0.3) is 0 Å². The number of aliphatic hydroxyl groups is 2. The minimum absolute atomic E-state index is 0.160. The summed E-state index contributed by atoms with van der Waals surface area (Å²) in [6.07, 6.45) is -1.33. The first-order chi connectivity index (χ1) is 11.2. The van der Waals surface area contributed by atoms with Crippen LogP contribution >= 0.6 is 0 Å². The predicted molar refractivity (Wildman–Crippen MR) is 89.8 cm³/mol. The smallest absolute Gasteiger partial charge is 0.251 e. The summed E-state index contributed by atoms with van der Waals surface area (Å²) in [5.41, 5.74) is -0.481. The molecule has 7 heteroatoms. The van der Waals surface area contributed by atoms with E-state index in [1.54, 1.807) is 45.0 Å². The summed E-state index contributed by atoms with van der Waals surface area (Å²) < 4.78 is 5.07. The molecule has 7 nitrogen and oxygen atoms in total. The first kappa shape index (κ1) is 19.9. The molecule has 4 N–H and O–H groups in total. The maximum absolute atomic E-state index is 12.1. The third kappa shape index (κ3) is 5.50. The van der Waals surface area contributed by atoms with E-state index in [-0.39, 0.29) is 25.1 Å². The second-order valence-corrected chi connectivity index (χ2v) is 6.40. The summed E-state index contributed by atoms with van der Waals surface area (Å²) in [5.74, 6) is -0.290. The van der Waals surface area contributed by atoms with Crippen molar-refractivity contribution in [2.24, 2.45) is 5.41 Å². The molecule has 0 heterocycles. The van der Waals surface area contributed by atoms with E-state index in [2.05, 4.69) is 10.6 Å². The summed E-state index contributed by atoms with van der Waals surface area (Å²) in [6, 6.07) is 6.40. The number of aliphatic hydroxyl groups excluding tert-OH is 2. The number of amides is 2. The second kappa shape index (κ2) is 8.65. The molecule has 0 bridgehead atoms. The van der Waals surface area contributed by atoms with Gasteiger partial charge in [-0.2, -0.15) is 0 Å². The molecule has 2 amide bonds. The van der Waals surface area contributed by atoms with Crippen LogP contribution in [0.2, 0.25) is 0 Å². The number of hydrogen-bond acceptors (Lipinski definition) is 5. The van der Waals surface area contributed by atoms with Gasteiger partial charge >= 0.3 is 0 Å². The van der Waals surface area contributed by atoms with Gasteiger partial charge in [-0.1, -0.05) is 19.9 Å². The number of ether oxygens (including phenoxy) is 1. The molecule has 24 heavy (non-hydrogen) atoms. The molecule has 0 saturated heterocycles. The number of benzene rings is 1. The summed E-state index contributed by atoms with van der Waals surface area (Å²) in [6.45, 7) is 4.76. The van der Waals surface area contributed by atoms with Crippen LogP contribution in [-0.2, 0) is 4.79 Å². The highest BCUT2D eigenvalue weighted by molar-refractivity contribution is 5.94. The molecule has 134 valence electrons.